The third-order valence-electron chi connectivity index (χ3n) is 8.71. The molecule has 114 valence electrons. The lowest BCUT2D eigenvalue weighted by Crippen LogP contribution is -2.52. The van der Waals surface area contributed by atoms with E-state index >= 15 is 0 Å². The predicted molar refractivity (Wildman–Crippen MR) is 85.5 cm³/mol. The molecule has 0 heteroatoms. The fourth-order valence-electron chi connectivity index (χ4n) is 7.47. The molecule has 4 rings (SSSR count). The van der Waals surface area contributed by atoms with Crippen molar-refractivity contribution in [3.05, 3.63) is 0 Å². The first-order valence-electron chi connectivity index (χ1n) is 9.53. The summed E-state index contributed by atoms with van der Waals surface area (Å²) < 4.78 is 0. The molecule has 0 aliphatic heterocycles. The first-order chi connectivity index (χ1) is 9.53. The second kappa shape index (κ2) is 4.50. The third-order valence-corrected chi connectivity index (χ3v) is 8.71. The van der Waals surface area contributed by atoms with E-state index in [1.165, 1.54) is 19.3 Å². The van der Waals surface area contributed by atoms with Gasteiger partial charge in [0.05, 0.1) is 0 Å². The smallest absolute Gasteiger partial charge is 0.0266 e. The largest absolute Gasteiger partial charge is 0.0625 e. The van der Waals surface area contributed by atoms with Gasteiger partial charge in [0.1, 0.15) is 0 Å². The second-order valence-electron chi connectivity index (χ2n) is 9.62. The van der Waals surface area contributed by atoms with Gasteiger partial charge in [-0.05, 0) is 91.8 Å². The molecule has 0 heterocycles. The Labute approximate surface area is 126 Å². The van der Waals surface area contributed by atoms with E-state index in [0.29, 0.717) is 0 Å². The van der Waals surface area contributed by atoms with Crippen molar-refractivity contribution in [3.63, 3.8) is 0 Å². The maximum absolute atomic E-state index is 2.71. The molecule has 0 aromatic carbocycles. The van der Waals surface area contributed by atoms with Crippen molar-refractivity contribution in [2.75, 3.05) is 0 Å². The van der Waals surface area contributed by atoms with E-state index in [4.69, 9.17) is 0 Å². The van der Waals surface area contributed by atoms with Gasteiger partial charge in [-0.2, -0.15) is 0 Å². The molecule has 4 saturated carbocycles. The van der Waals surface area contributed by atoms with Crippen LogP contribution in [0.2, 0.25) is 0 Å². The second-order valence-corrected chi connectivity index (χ2v) is 9.62. The van der Waals surface area contributed by atoms with Crippen LogP contribution < -0.4 is 0 Å². The summed E-state index contributed by atoms with van der Waals surface area (Å²) in [6.45, 7) is 7.84. The Morgan fingerprint density at radius 3 is 2.50 bits per heavy atom. The highest BCUT2D eigenvalue weighted by atomic mass is 14.6. The van der Waals surface area contributed by atoms with Crippen LogP contribution in [0.25, 0.3) is 0 Å². The molecule has 0 radical (unpaired) electrons. The maximum Gasteiger partial charge on any atom is -0.0266 e. The Kier molecular flexibility index (Phi) is 3.07. The molecule has 4 aliphatic rings. The lowest BCUT2D eigenvalue weighted by molar-refractivity contribution is -0.110. The molecule has 0 saturated heterocycles. The average Bonchev–Trinajstić information content (AvgIpc) is 2.81. The molecule has 0 nitrogen and oxygen atoms in total. The predicted octanol–water partition coefficient (Wildman–Crippen LogP) is 6.06. The van der Waals surface area contributed by atoms with Gasteiger partial charge in [0.2, 0.25) is 0 Å². The van der Waals surface area contributed by atoms with Crippen LogP contribution in [0.3, 0.4) is 0 Å². The average molecular weight is 274 g/mol. The Hall–Kier alpha value is 0. The molecule has 3 unspecified atom stereocenters. The van der Waals surface area contributed by atoms with Gasteiger partial charge in [0.25, 0.3) is 0 Å². The van der Waals surface area contributed by atoms with Gasteiger partial charge < -0.3 is 0 Å². The lowest BCUT2D eigenvalue weighted by atomic mass is 9.45. The monoisotopic (exact) mass is 274 g/mol. The van der Waals surface area contributed by atoms with E-state index < -0.39 is 0 Å². The Morgan fingerprint density at radius 1 is 0.800 bits per heavy atom. The number of hydrogen-bond donors (Lipinski definition) is 0. The van der Waals surface area contributed by atoms with Crippen molar-refractivity contribution in [2.45, 2.75) is 85.0 Å². The quantitative estimate of drug-likeness (QED) is 0.504. The van der Waals surface area contributed by atoms with Gasteiger partial charge in [-0.1, -0.05) is 33.6 Å². The highest BCUT2D eigenvalue weighted by molar-refractivity contribution is 5.07. The first kappa shape index (κ1) is 13.6. The number of hydrogen-bond acceptors (Lipinski definition) is 0. The van der Waals surface area contributed by atoms with E-state index in [-0.39, 0.29) is 0 Å². The molecule has 0 N–H and O–H groups in total. The summed E-state index contributed by atoms with van der Waals surface area (Å²) in [4.78, 5) is 0. The van der Waals surface area contributed by atoms with Gasteiger partial charge in [0, 0.05) is 0 Å². The zero-order valence-electron chi connectivity index (χ0n) is 14.0. The molecule has 0 spiro atoms. The van der Waals surface area contributed by atoms with Crippen LogP contribution in [-0.4, -0.2) is 0 Å². The summed E-state index contributed by atoms with van der Waals surface area (Å²) in [6, 6.07) is 0. The van der Waals surface area contributed by atoms with Crippen LogP contribution in [0.4, 0.5) is 0 Å². The van der Waals surface area contributed by atoms with Gasteiger partial charge in [-0.15, -0.1) is 0 Å². The van der Waals surface area contributed by atoms with E-state index in [2.05, 4.69) is 20.8 Å². The molecule has 4 aliphatic carbocycles. The van der Waals surface area contributed by atoms with Crippen LogP contribution in [0, 0.1) is 40.4 Å². The lowest BCUT2D eigenvalue weighted by Gasteiger charge is -2.60. The first-order valence-corrected chi connectivity index (χ1v) is 9.53. The molecular weight excluding hydrogens is 240 g/mol. The van der Waals surface area contributed by atoms with Crippen molar-refractivity contribution in [3.8, 4) is 0 Å². The van der Waals surface area contributed by atoms with Gasteiger partial charge in [-0.25, -0.2) is 0 Å². The minimum Gasteiger partial charge on any atom is -0.0625 e. The molecular formula is C20H34. The zero-order valence-corrected chi connectivity index (χ0v) is 14.0. The summed E-state index contributed by atoms with van der Waals surface area (Å²) in [7, 11) is 0. The van der Waals surface area contributed by atoms with E-state index in [1.807, 2.05) is 0 Å². The van der Waals surface area contributed by atoms with E-state index in [0.717, 1.165) is 40.4 Å². The van der Waals surface area contributed by atoms with Crippen LogP contribution in [0.1, 0.15) is 85.0 Å². The summed E-state index contributed by atoms with van der Waals surface area (Å²) in [5, 5.41) is 0. The van der Waals surface area contributed by atoms with Crippen LogP contribution in [0.5, 0.6) is 0 Å². The Morgan fingerprint density at radius 2 is 1.65 bits per heavy atom. The fraction of sp³-hybridized carbons (Fsp3) is 1.00. The summed E-state index contributed by atoms with van der Waals surface area (Å²) >= 11 is 0. The molecule has 0 amide bonds. The van der Waals surface area contributed by atoms with Crippen LogP contribution in [-0.2, 0) is 0 Å². The molecule has 7 atom stereocenters. The van der Waals surface area contributed by atoms with Crippen molar-refractivity contribution in [2.24, 2.45) is 40.4 Å². The highest BCUT2D eigenvalue weighted by Crippen LogP contribution is 2.66. The number of fused-ring (bicyclic) bond motifs is 5. The van der Waals surface area contributed by atoms with E-state index in [1.54, 1.807) is 44.9 Å². The highest BCUT2D eigenvalue weighted by Gasteiger charge is 2.57. The van der Waals surface area contributed by atoms with Gasteiger partial charge in [-0.3, -0.25) is 0 Å². The molecule has 0 aromatic heterocycles. The summed E-state index contributed by atoms with van der Waals surface area (Å²) in [5.41, 5.74) is 1.46. The normalized spacial score (nSPS) is 58.6. The molecule has 20 heavy (non-hydrogen) atoms. The van der Waals surface area contributed by atoms with Gasteiger partial charge in [0.15, 0.2) is 0 Å². The minimum atomic E-state index is 0.722. The Balaban J connectivity index is 1.62. The van der Waals surface area contributed by atoms with E-state index in [9.17, 15) is 0 Å². The molecule has 0 bridgehead atoms. The third kappa shape index (κ3) is 1.78. The molecule has 4 fully saturated rings. The number of rotatable bonds is 0. The topological polar surface area (TPSA) is 0 Å². The van der Waals surface area contributed by atoms with Crippen molar-refractivity contribution < 1.29 is 0 Å². The zero-order chi connectivity index (χ0) is 14.0. The maximum atomic E-state index is 2.71. The fourth-order valence-corrected chi connectivity index (χ4v) is 7.47. The van der Waals surface area contributed by atoms with Crippen LogP contribution in [0.15, 0.2) is 0 Å². The Bertz CT molecular complexity index is 385. The van der Waals surface area contributed by atoms with Gasteiger partial charge >= 0.3 is 0 Å². The van der Waals surface area contributed by atoms with Crippen molar-refractivity contribution in [1.29, 1.82) is 0 Å². The van der Waals surface area contributed by atoms with Crippen molar-refractivity contribution >= 4 is 0 Å². The van der Waals surface area contributed by atoms with Crippen molar-refractivity contribution in [1.82, 2.24) is 0 Å². The standard InChI is InChI=1S/C20H34/c1-14-8-12-20(3)15(13-14)6-7-16-17-5-4-10-19(17,2)11-9-18(16)20/h14-18H,4-13H2,1-3H3/t14?,15-,16+,17?,18?,19+,20+/m1/s1. The van der Waals surface area contributed by atoms with Crippen LogP contribution >= 0.6 is 0 Å². The SMILES string of the molecule is CC1CC[C@]2(C)C3CC[C@]4(C)CCCC4[C@@H]3CC[C@@H]2C1. The molecule has 0 aromatic rings. The summed E-state index contributed by atoms with van der Waals surface area (Å²) in [5.74, 6) is 5.36. The minimum absolute atomic E-state index is 0.722. The summed E-state index contributed by atoms with van der Waals surface area (Å²) in [6.07, 6.45) is 15.5.